The third-order valence-corrected chi connectivity index (χ3v) is 5.00. The van der Waals surface area contributed by atoms with E-state index in [0.29, 0.717) is 41.9 Å². The van der Waals surface area contributed by atoms with Crippen molar-refractivity contribution in [3.8, 4) is 11.5 Å². The molecular weight excluding hydrogens is 406 g/mol. The Morgan fingerprint density at radius 2 is 1.90 bits per heavy atom. The van der Waals surface area contributed by atoms with Crippen LogP contribution < -0.4 is 14.8 Å². The summed E-state index contributed by atoms with van der Waals surface area (Å²) in [4.78, 5) is 12.4. The van der Waals surface area contributed by atoms with Gasteiger partial charge in [-0.1, -0.05) is 17.7 Å². The summed E-state index contributed by atoms with van der Waals surface area (Å²) >= 11 is 6.14. The van der Waals surface area contributed by atoms with Gasteiger partial charge in [-0.3, -0.25) is 14.2 Å². The molecule has 8 nitrogen and oxygen atoms in total. The molecule has 0 saturated heterocycles. The molecule has 0 spiro atoms. The number of benzene rings is 1. The van der Waals surface area contributed by atoms with Crippen LogP contribution in [0.2, 0.25) is 5.02 Å². The molecule has 0 fully saturated rings. The molecule has 0 unspecified atom stereocenters. The summed E-state index contributed by atoms with van der Waals surface area (Å²) < 4.78 is 14.6. The van der Waals surface area contributed by atoms with Gasteiger partial charge in [0.15, 0.2) is 11.5 Å². The molecule has 1 aromatic carbocycles. The van der Waals surface area contributed by atoms with Gasteiger partial charge >= 0.3 is 0 Å². The lowest BCUT2D eigenvalue weighted by Crippen LogP contribution is -2.20. The second-order valence-electron chi connectivity index (χ2n) is 6.76. The van der Waals surface area contributed by atoms with E-state index in [0.717, 1.165) is 17.0 Å². The fourth-order valence-electron chi connectivity index (χ4n) is 3.06. The summed E-state index contributed by atoms with van der Waals surface area (Å²) in [6.07, 6.45) is 3.40. The topological polar surface area (TPSA) is 83.2 Å². The van der Waals surface area contributed by atoms with E-state index in [4.69, 9.17) is 21.1 Å². The van der Waals surface area contributed by atoms with Gasteiger partial charge in [-0.05, 0) is 45.4 Å². The van der Waals surface area contributed by atoms with Crippen LogP contribution in [0.4, 0.5) is 5.69 Å². The van der Waals surface area contributed by atoms with Crippen LogP contribution in [0.1, 0.15) is 30.8 Å². The quantitative estimate of drug-likeness (QED) is 0.556. The Labute approximate surface area is 180 Å². The van der Waals surface area contributed by atoms with E-state index in [1.807, 2.05) is 45.9 Å². The van der Waals surface area contributed by atoms with Gasteiger partial charge in [0.2, 0.25) is 5.91 Å². The number of aromatic nitrogens is 4. The molecule has 2 heterocycles. The third kappa shape index (κ3) is 5.13. The number of hydrogen-bond donors (Lipinski definition) is 1. The summed E-state index contributed by atoms with van der Waals surface area (Å²) in [6.45, 7) is 9.27. The van der Waals surface area contributed by atoms with Crippen LogP contribution in [0.3, 0.4) is 0 Å². The predicted octanol–water partition coefficient (Wildman–Crippen LogP) is 3.83. The molecule has 0 atom stereocenters. The SMILES string of the molecule is CCOc1ccc(Cn2cc(NC(=O)Cn3nc(C)c(Cl)c3C)cn2)cc1OCC. The summed E-state index contributed by atoms with van der Waals surface area (Å²) in [6, 6.07) is 5.82. The number of ether oxygens (including phenoxy) is 2. The van der Waals surface area contributed by atoms with Gasteiger partial charge in [0.25, 0.3) is 0 Å². The number of rotatable bonds is 9. The van der Waals surface area contributed by atoms with Crippen molar-refractivity contribution in [2.24, 2.45) is 0 Å². The maximum absolute atomic E-state index is 12.4. The number of hydrogen-bond acceptors (Lipinski definition) is 5. The predicted molar refractivity (Wildman–Crippen MR) is 115 cm³/mol. The van der Waals surface area contributed by atoms with Crippen molar-refractivity contribution >= 4 is 23.2 Å². The zero-order valence-electron chi connectivity index (χ0n) is 17.6. The van der Waals surface area contributed by atoms with E-state index in [-0.39, 0.29) is 12.5 Å². The van der Waals surface area contributed by atoms with Crippen molar-refractivity contribution in [2.75, 3.05) is 18.5 Å². The number of carbonyl (C=O) groups is 1. The van der Waals surface area contributed by atoms with Crippen LogP contribution in [0.5, 0.6) is 11.5 Å². The number of nitrogens with zero attached hydrogens (tertiary/aromatic N) is 4. The first-order valence-electron chi connectivity index (χ1n) is 9.81. The summed E-state index contributed by atoms with van der Waals surface area (Å²) in [7, 11) is 0. The van der Waals surface area contributed by atoms with E-state index >= 15 is 0 Å². The Hall–Kier alpha value is -3.00. The van der Waals surface area contributed by atoms with Gasteiger partial charge in [-0.15, -0.1) is 0 Å². The van der Waals surface area contributed by atoms with Crippen LogP contribution in [-0.4, -0.2) is 38.7 Å². The van der Waals surface area contributed by atoms with Gasteiger partial charge in [-0.25, -0.2) is 0 Å². The van der Waals surface area contributed by atoms with Gasteiger partial charge in [0.1, 0.15) is 6.54 Å². The molecule has 3 aromatic rings. The lowest BCUT2D eigenvalue weighted by Gasteiger charge is -2.12. The van der Waals surface area contributed by atoms with Crippen LogP contribution in [0.15, 0.2) is 30.6 Å². The highest BCUT2D eigenvalue weighted by molar-refractivity contribution is 6.31. The standard InChI is InChI=1S/C21H26ClN5O3/c1-5-29-18-8-7-16(9-19(18)30-6-2)11-26-12-17(10-23-26)24-20(28)13-27-15(4)21(22)14(3)25-27/h7-10,12H,5-6,11,13H2,1-4H3,(H,24,28). The Morgan fingerprint density at radius 1 is 1.17 bits per heavy atom. The molecule has 3 rings (SSSR count). The Bertz CT molecular complexity index is 1030. The Kier molecular flexibility index (Phi) is 6.99. The largest absolute Gasteiger partial charge is 0.490 e. The van der Waals surface area contributed by atoms with E-state index in [9.17, 15) is 4.79 Å². The second kappa shape index (κ2) is 9.67. The van der Waals surface area contributed by atoms with Crippen LogP contribution >= 0.6 is 11.6 Å². The first-order valence-corrected chi connectivity index (χ1v) is 10.2. The maximum atomic E-state index is 12.4. The lowest BCUT2D eigenvalue weighted by molar-refractivity contribution is -0.116. The molecule has 0 saturated carbocycles. The van der Waals surface area contributed by atoms with Crippen molar-refractivity contribution in [1.29, 1.82) is 0 Å². The smallest absolute Gasteiger partial charge is 0.246 e. The molecule has 160 valence electrons. The molecule has 0 radical (unpaired) electrons. The molecule has 0 bridgehead atoms. The van der Waals surface area contributed by atoms with Crippen molar-refractivity contribution in [1.82, 2.24) is 19.6 Å². The maximum Gasteiger partial charge on any atom is 0.246 e. The highest BCUT2D eigenvalue weighted by Crippen LogP contribution is 2.29. The minimum atomic E-state index is -0.198. The number of anilines is 1. The van der Waals surface area contributed by atoms with Crippen LogP contribution in [0.25, 0.3) is 0 Å². The van der Waals surface area contributed by atoms with Gasteiger partial charge < -0.3 is 14.8 Å². The second-order valence-corrected chi connectivity index (χ2v) is 7.14. The van der Waals surface area contributed by atoms with Crippen LogP contribution in [-0.2, 0) is 17.9 Å². The van der Waals surface area contributed by atoms with Crippen LogP contribution in [0, 0.1) is 13.8 Å². The molecule has 1 amide bonds. The lowest BCUT2D eigenvalue weighted by atomic mass is 10.2. The average Bonchev–Trinajstić information content (AvgIpc) is 3.23. The van der Waals surface area contributed by atoms with Gasteiger partial charge in [0, 0.05) is 6.20 Å². The van der Waals surface area contributed by atoms with E-state index in [1.165, 1.54) is 0 Å². The molecule has 2 aromatic heterocycles. The Morgan fingerprint density at radius 3 is 2.57 bits per heavy atom. The molecule has 0 aliphatic rings. The summed E-state index contributed by atoms with van der Waals surface area (Å²) in [5.41, 5.74) is 3.10. The zero-order valence-corrected chi connectivity index (χ0v) is 18.4. The fourth-order valence-corrected chi connectivity index (χ4v) is 3.20. The first kappa shape index (κ1) is 21.7. The zero-order chi connectivity index (χ0) is 21.7. The molecule has 30 heavy (non-hydrogen) atoms. The molecule has 9 heteroatoms. The monoisotopic (exact) mass is 431 g/mol. The normalized spacial score (nSPS) is 10.8. The van der Waals surface area contributed by atoms with Crippen molar-refractivity contribution in [3.05, 3.63) is 52.6 Å². The fraction of sp³-hybridized carbons (Fsp3) is 0.381. The third-order valence-electron chi connectivity index (χ3n) is 4.46. The Balaban J connectivity index is 1.64. The van der Waals surface area contributed by atoms with Crippen molar-refractivity contribution in [3.63, 3.8) is 0 Å². The minimum absolute atomic E-state index is 0.0845. The number of aryl methyl sites for hydroxylation is 1. The van der Waals surface area contributed by atoms with E-state index in [2.05, 4.69) is 15.5 Å². The number of amides is 1. The highest BCUT2D eigenvalue weighted by atomic mass is 35.5. The number of carbonyl (C=O) groups excluding carboxylic acids is 1. The van der Waals surface area contributed by atoms with Crippen molar-refractivity contribution < 1.29 is 14.3 Å². The molecule has 0 aliphatic carbocycles. The molecule has 0 aliphatic heterocycles. The molecule has 1 N–H and O–H groups in total. The van der Waals surface area contributed by atoms with Crippen molar-refractivity contribution in [2.45, 2.75) is 40.8 Å². The molecular formula is C21H26ClN5O3. The van der Waals surface area contributed by atoms with Gasteiger partial charge in [-0.2, -0.15) is 10.2 Å². The number of nitrogens with one attached hydrogen (secondary N) is 1. The number of halogens is 1. The summed E-state index contributed by atoms with van der Waals surface area (Å²) in [5, 5.41) is 12.0. The summed E-state index contributed by atoms with van der Waals surface area (Å²) in [5.74, 6) is 1.23. The van der Waals surface area contributed by atoms with Gasteiger partial charge in [0.05, 0.1) is 48.1 Å². The highest BCUT2D eigenvalue weighted by Gasteiger charge is 2.13. The first-order chi connectivity index (χ1) is 14.4. The minimum Gasteiger partial charge on any atom is -0.490 e. The average molecular weight is 432 g/mol. The van der Waals surface area contributed by atoms with E-state index in [1.54, 1.807) is 21.8 Å². The van der Waals surface area contributed by atoms with E-state index < -0.39 is 0 Å².